The van der Waals surface area contributed by atoms with Crippen molar-refractivity contribution in [3.8, 4) is 0 Å². The van der Waals surface area contributed by atoms with Crippen molar-refractivity contribution in [1.82, 2.24) is 10.2 Å². The minimum Gasteiger partial charge on any atom is -0.465 e. The number of amides is 2. The van der Waals surface area contributed by atoms with Crippen LogP contribution in [0.1, 0.15) is 43.1 Å². The summed E-state index contributed by atoms with van der Waals surface area (Å²) in [5.74, 6) is -0.419. The summed E-state index contributed by atoms with van der Waals surface area (Å²) in [6.07, 6.45) is -0.420. The number of methoxy groups -OCH3 is 1. The fraction of sp³-hybridized carbons (Fsp3) is 0.423. The third kappa shape index (κ3) is 10.8. The fourth-order valence-corrected chi connectivity index (χ4v) is 3.09. The van der Waals surface area contributed by atoms with Crippen molar-refractivity contribution in [3.05, 3.63) is 65.7 Å². The molecule has 9 nitrogen and oxygen atoms in total. The van der Waals surface area contributed by atoms with Gasteiger partial charge in [-0.1, -0.05) is 36.4 Å². The van der Waals surface area contributed by atoms with Crippen LogP contribution in [0.5, 0.6) is 0 Å². The monoisotopic (exact) mass is 485 g/mol. The van der Waals surface area contributed by atoms with E-state index in [9.17, 15) is 14.4 Å². The van der Waals surface area contributed by atoms with Gasteiger partial charge < -0.3 is 29.7 Å². The van der Waals surface area contributed by atoms with Gasteiger partial charge in [0.05, 0.1) is 12.7 Å². The number of nitrogens with one attached hydrogen (secondary N) is 2. The number of hydrogen-bond acceptors (Lipinski definition) is 7. The van der Waals surface area contributed by atoms with Crippen molar-refractivity contribution < 1.29 is 28.6 Å². The van der Waals surface area contributed by atoms with E-state index in [0.29, 0.717) is 38.2 Å². The van der Waals surface area contributed by atoms with Crippen LogP contribution in [0.4, 0.5) is 15.3 Å². The SMILES string of the molecule is COC(=O)c1cccc(NCCN(CCCNC(=O)OC(C)(C)C)C(=O)OCc2ccccc2)c1. The Hall–Kier alpha value is -3.75. The minimum absolute atomic E-state index is 0.168. The van der Waals surface area contributed by atoms with E-state index in [2.05, 4.69) is 10.6 Å². The second-order valence-electron chi connectivity index (χ2n) is 8.81. The number of benzene rings is 2. The van der Waals surface area contributed by atoms with Crippen molar-refractivity contribution >= 4 is 23.8 Å². The average molecular weight is 486 g/mol. The van der Waals surface area contributed by atoms with Crippen LogP contribution in [0.25, 0.3) is 0 Å². The van der Waals surface area contributed by atoms with Crippen LogP contribution in [0, 0.1) is 0 Å². The van der Waals surface area contributed by atoms with E-state index in [1.165, 1.54) is 7.11 Å². The zero-order valence-electron chi connectivity index (χ0n) is 20.8. The number of ether oxygens (including phenoxy) is 3. The Morgan fingerprint density at radius 3 is 2.37 bits per heavy atom. The lowest BCUT2D eigenvalue weighted by atomic mass is 10.2. The first-order valence-corrected chi connectivity index (χ1v) is 11.5. The normalized spacial score (nSPS) is 10.7. The lowest BCUT2D eigenvalue weighted by Gasteiger charge is -2.23. The number of carbonyl (C=O) groups is 3. The zero-order chi connectivity index (χ0) is 25.7. The Morgan fingerprint density at radius 1 is 0.943 bits per heavy atom. The lowest BCUT2D eigenvalue weighted by Crippen LogP contribution is -2.38. The van der Waals surface area contributed by atoms with Gasteiger partial charge >= 0.3 is 18.2 Å². The standard InChI is InChI=1S/C26H35N3O6/c1-26(2,3)35-24(31)28-14-9-16-29(25(32)34-19-20-10-6-5-7-11-20)17-15-27-22-13-8-12-21(18-22)23(30)33-4/h5-8,10-13,18,27H,9,14-17,19H2,1-4H3,(H,28,31). The Kier molecular flexibility index (Phi) is 10.9. The number of anilines is 1. The van der Waals surface area contributed by atoms with Gasteiger partial charge in [0.2, 0.25) is 0 Å². The third-order valence-corrected chi connectivity index (χ3v) is 4.73. The average Bonchev–Trinajstić information content (AvgIpc) is 2.83. The van der Waals surface area contributed by atoms with Gasteiger partial charge in [0.25, 0.3) is 0 Å². The van der Waals surface area contributed by atoms with E-state index in [-0.39, 0.29) is 6.61 Å². The molecule has 2 aromatic rings. The molecule has 0 aromatic heterocycles. The topological polar surface area (TPSA) is 106 Å². The summed E-state index contributed by atoms with van der Waals surface area (Å²) in [4.78, 5) is 37.9. The van der Waals surface area contributed by atoms with Crippen LogP contribution in [-0.2, 0) is 20.8 Å². The summed E-state index contributed by atoms with van der Waals surface area (Å²) in [6.45, 7) is 7.09. The smallest absolute Gasteiger partial charge is 0.410 e. The van der Waals surface area contributed by atoms with E-state index in [0.717, 1.165) is 11.3 Å². The molecule has 9 heteroatoms. The molecular weight excluding hydrogens is 450 g/mol. The van der Waals surface area contributed by atoms with Gasteiger partial charge in [-0.15, -0.1) is 0 Å². The summed E-state index contributed by atoms with van der Waals surface area (Å²) >= 11 is 0. The highest BCUT2D eigenvalue weighted by Gasteiger charge is 2.17. The van der Waals surface area contributed by atoms with E-state index < -0.39 is 23.8 Å². The summed E-state index contributed by atoms with van der Waals surface area (Å²) in [5, 5.41) is 5.91. The first-order valence-electron chi connectivity index (χ1n) is 11.5. The number of alkyl carbamates (subject to hydrolysis) is 1. The highest BCUT2D eigenvalue weighted by atomic mass is 16.6. The van der Waals surface area contributed by atoms with Gasteiger partial charge in [-0.2, -0.15) is 0 Å². The van der Waals surface area contributed by atoms with Gasteiger partial charge in [0, 0.05) is 31.9 Å². The summed E-state index contributed by atoms with van der Waals surface area (Å²) < 4.78 is 15.5. The molecule has 2 amide bonds. The molecule has 2 N–H and O–H groups in total. The Bertz CT molecular complexity index is 959. The number of carbonyl (C=O) groups excluding carboxylic acids is 3. The summed E-state index contributed by atoms with van der Waals surface area (Å²) in [6, 6.07) is 16.4. The molecule has 0 aliphatic heterocycles. The van der Waals surface area contributed by atoms with Gasteiger partial charge in [-0.05, 0) is 51.0 Å². The van der Waals surface area contributed by atoms with E-state index in [1.807, 2.05) is 36.4 Å². The number of nitrogens with zero attached hydrogens (tertiary/aromatic N) is 1. The van der Waals surface area contributed by atoms with Crippen molar-refractivity contribution in [1.29, 1.82) is 0 Å². The molecule has 0 fully saturated rings. The Labute approximate surface area is 206 Å². The fourth-order valence-electron chi connectivity index (χ4n) is 3.09. The van der Waals surface area contributed by atoms with Crippen LogP contribution < -0.4 is 10.6 Å². The molecule has 0 unspecified atom stereocenters. The molecule has 0 saturated carbocycles. The largest absolute Gasteiger partial charge is 0.465 e. The van der Waals surface area contributed by atoms with Crippen molar-refractivity contribution in [2.24, 2.45) is 0 Å². The van der Waals surface area contributed by atoms with Crippen molar-refractivity contribution in [3.63, 3.8) is 0 Å². The number of hydrogen-bond donors (Lipinski definition) is 2. The van der Waals surface area contributed by atoms with Crippen LogP contribution >= 0.6 is 0 Å². The van der Waals surface area contributed by atoms with Gasteiger partial charge in [0.1, 0.15) is 12.2 Å². The molecule has 0 atom stereocenters. The Morgan fingerprint density at radius 2 is 1.69 bits per heavy atom. The molecule has 0 bridgehead atoms. The van der Waals surface area contributed by atoms with Crippen molar-refractivity contribution in [2.75, 3.05) is 38.6 Å². The molecule has 2 aromatic carbocycles. The molecule has 0 radical (unpaired) electrons. The molecule has 0 spiro atoms. The van der Waals surface area contributed by atoms with Crippen LogP contribution in [0.2, 0.25) is 0 Å². The molecule has 0 aliphatic carbocycles. The molecule has 190 valence electrons. The molecule has 35 heavy (non-hydrogen) atoms. The van der Waals surface area contributed by atoms with Crippen LogP contribution in [-0.4, -0.2) is 61.9 Å². The molecule has 0 saturated heterocycles. The highest BCUT2D eigenvalue weighted by molar-refractivity contribution is 5.90. The van der Waals surface area contributed by atoms with Gasteiger partial charge in [-0.25, -0.2) is 14.4 Å². The molecule has 0 aliphatic rings. The number of esters is 1. The Balaban J connectivity index is 1.90. The molecule has 0 heterocycles. The van der Waals surface area contributed by atoms with E-state index in [4.69, 9.17) is 14.2 Å². The zero-order valence-corrected chi connectivity index (χ0v) is 20.8. The second-order valence-corrected chi connectivity index (χ2v) is 8.81. The second kappa shape index (κ2) is 13.8. The first-order chi connectivity index (χ1) is 16.7. The summed E-state index contributed by atoms with van der Waals surface area (Å²) in [7, 11) is 1.33. The maximum atomic E-state index is 12.8. The maximum absolute atomic E-state index is 12.8. The van der Waals surface area contributed by atoms with Gasteiger partial charge in [-0.3, -0.25) is 0 Å². The maximum Gasteiger partial charge on any atom is 0.410 e. The first kappa shape index (κ1) is 27.5. The van der Waals surface area contributed by atoms with E-state index >= 15 is 0 Å². The predicted octanol–water partition coefficient (Wildman–Crippen LogP) is 4.44. The van der Waals surface area contributed by atoms with Crippen LogP contribution in [0.3, 0.4) is 0 Å². The third-order valence-electron chi connectivity index (χ3n) is 4.73. The number of rotatable bonds is 11. The highest BCUT2D eigenvalue weighted by Crippen LogP contribution is 2.12. The molecule has 2 rings (SSSR count). The minimum atomic E-state index is -0.575. The predicted molar refractivity (Wildman–Crippen MR) is 133 cm³/mol. The quantitative estimate of drug-likeness (QED) is 0.275. The molecular formula is C26H35N3O6. The van der Waals surface area contributed by atoms with Gasteiger partial charge in [0.15, 0.2) is 0 Å². The summed E-state index contributed by atoms with van der Waals surface area (Å²) in [5.41, 5.74) is 1.49. The van der Waals surface area contributed by atoms with E-state index in [1.54, 1.807) is 43.9 Å². The van der Waals surface area contributed by atoms with Crippen LogP contribution in [0.15, 0.2) is 54.6 Å². The lowest BCUT2D eigenvalue weighted by molar-refractivity contribution is 0.0524. The van der Waals surface area contributed by atoms with Crippen molar-refractivity contribution in [2.45, 2.75) is 39.4 Å².